The molecule has 1 radical (unpaired) electrons. The number of rotatable bonds is 3. The third kappa shape index (κ3) is 4.18. The van der Waals surface area contributed by atoms with Gasteiger partial charge in [0.15, 0.2) is 0 Å². The van der Waals surface area contributed by atoms with Crippen LogP contribution in [0.1, 0.15) is 24.0 Å². The molecule has 1 heterocycles. The molecule has 19 heavy (non-hydrogen) atoms. The normalized spacial score (nSPS) is 17.7. The number of hydrogen-bond acceptors (Lipinski definition) is 1. The predicted molar refractivity (Wildman–Crippen MR) is 63.1 cm³/mol. The summed E-state index contributed by atoms with van der Waals surface area (Å²) in [6.07, 6.45) is -2.76. The summed E-state index contributed by atoms with van der Waals surface area (Å²) in [5.41, 5.74) is -0.627. The second-order valence-electron chi connectivity index (χ2n) is 4.67. The fourth-order valence-corrected chi connectivity index (χ4v) is 2.13. The monoisotopic (exact) mass is 275 g/mol. The summed E-state index contributed by atoms with van der Waals surface area (Å²) in [5.74, 6) is -0.856. The molecule has 0 atom stereocenters. The Bertz CT molecular complexity index is 425. The molecule has 1 saturated heterocycles. The molecule has 6 heteroatoms. The van der Waals surface area contributed by atoms with Gasteiger partial charge in [-0.2, -0.15) is 13.2 Å². The average Bonchev–Trinajstić information content (AvgIpc) is 2.36. The number of nitrogens with one attached hydrogen (secondary N) is 1. The molecular formula is C13H15F4N2. The summed E-state index contributed by atoms with van der Waals surface area (Å²) in [6.45, 7) is 1.79. The molecule has 0 spiro atoms. The summed E-state index contributed by atoms with van der Waals surface area (Å²) in [4.78, 5) is 0. The van der Waals surface area contributed by atoms with Crippen molar-refractivity contribution in [2.75, 3.05) is 13.1 Å². The Morgan fingerprint density at radius 1 is 1.16 bits per heavy atom. The number of nitrogens with zero attached hydrogens (tertiary/aromatic N) is 1. The maximum Gasteiger partial charge on any atom is 0.416 e. The van der Waals surface area contributed by atoms with Gasteiger partial charge in [0.25, 0.3) is 0 Å². The van der Waals surface area contributed by atoms with E-state index in [0.717, 1.165) is 38.1 Å². The zero-order valence-electron chi connectivity index (χ0n) is 10.3. The molecule has 1 aromatic carbocycles. The first kappa shape index (κ1) is 14.3. The van der Waals surface area contributed by atoms with Gasteiger partial charge in [-0.25, -0.2) is 9.71 Å². The largest absolute Gasteiger partial charge is 0.416 e. The number of alkyl halides is 3. The first-order chi connectivity index (χ1) is 8.95. The average molecular weight is 275 g/mol. The number of benzene rings is 1. The molecule has 1 aliphatic heterocycles. The Balaban J connectivity index is 2.01. The summed E-state index contributed by atoms with van der Waals surface area (Å²) >= 11 is 0. The molecule has 1 aromatic rings. The summed E-state index contributed by atoms with van der Waals surface area (Å²) in [6, 6.07) is 2.89. The van der Waals surface area contributed by atoms with Crippen molar-refractivity contribution in [3.8, 4) is 0 Å². The standard InChI is InChI=1S/C13H15F4N2/c14-11-6-9(5-10(7-11)13(15,16)17)8-19-12-1-3-18-4-2-12/h5-7,12,19H,1-4,8H2. The molecule has 0 unspecified atom stereocenters. The molecule has 2 nitrogen and oxygen atoms in total. The van der Waals surface area contributed by atoms with Gasteiger partial charge in [0.2, 0.25) is 0 Å². The van der Waals surface area contributed by atoms with E-state index in [-0.39, 0.29) is 12.6 Å². The third-order valence-electron chi connectivity index (χ3n) is 3.15. The molecule has 0 saturated carbocycles. The Labute approximate surface area is 109 Å². The van der Waals surface area contributed by atoms with Crippen LogP contribution >= 0.6 is 0 Å². The van der Waals surface area contributed by atoms with Crippen LogP contribution in [-0.2, 0) is 12.7 Å². The topological polar surface area (TPSA) is 26.1 Å². The van der Waals surface area contributed by atoms with Crippen molar-refractivity contribution in [2.24, 2.45) is 0 Å². The predicted octanol–water partition coefficient (Wildman–Crippen LogP) is 2.70. The lowest BCUT2D eigenvalue weighted by atomic mass is 10.1. The van der Waals surface area contributed by atoms with Gasteiger partial charge in [-0.05, 0) is 36.6 Å². The number of hydrogen-bond donors (Lipinski definition) is 1. The van der Waals surface area contributed by atoms with Gasteiger partial charge in [0.1, 0.15) is 5.82 Å². The third-order valence-corrected chi connectivity index (χ3v) is 3.15. The van der Waals surface area contributed by atoms with Crippen LogP contribution in [0, 0.1) is 5.82 Å². The van der Waals surface area contributed by atoms with Crippen LogP contribution in [0.4, 0.5) is 17.6 Å². The lowest BCUT2D eigenvalue weighted by molar-refractivity contribution is -0.137. The molecule has 2 rings (SSSR count). The quantitative estimate of drug-likeness (QED) is 0.843. The van der Waals surface area contributed by atoms with Gasteiger partial charge >= 0.3 is 6.18 Å². The highest BCUT2D eigenvalue weighted by Gasteiger charge is 2.31. The van der Waals surface area contributed by atoms with Crippen molar-refractivity contribution in [3.05, 3.63) is 35.1 Å². The van der Waals surface area contributed by atoms with Crippen molar-refractivity contribution in [3.63, 3.8) is 0 Å². The highest BCUT2D eigenvalue weighted by molar-refractivity contribution is 5.26. The summed E-state index contributed by atoms with van der Waals surface area (Å²) in [5, 5.41) is 7.34. The van der Waals surface area contributed by atoms with Crippen molar-refractivity contribution in [1.82, 2.24) is 10.6 Å². The van der Waals surface area contributed by atoms with E-state index in [1.807, 2.05) is 0 Å². The zero-order chi connectivity index (χ0) is 13.9. The van der Waals surface area contributed by atoms with Gasteiger partial charge in [-0.15, -0.1) is 0 Å². The highest BCUT2D eigenvalue weighted by atomic mass is 19.4. The van der Waals surface area contributed by atoms with Gasteiger partial charge < -0.3 is 5.32 Å². The van der Waals surface area contributed by atoms with E-state index in [0.29, 0.717) is 11.6 Å². The van der Waals surface area contributed by atoms with E-state index in [1.165, 1.54) is 0 Å². The van der Waals surface area contributed by atoms with Crippen LogP contribution in [-0.4, -0.2) is 19.1 Å². The van der Waals surface area contributed by atoms with Gasteiger partial charge in [-0.3, -0.25) is 0 Å². The van der Waals surface area contributed by atoms with Crippen molar-refractivity contribution in [2.45, 2.75) is 31.6 Å². The van der Waals surface area contributed by atoms with E-state index in [2.05, 4.69) is 10.6 Å². The van der Waals surface area contributed by atoms with Gasteiger partial charge in [-0.1, -0.05) is 0 Å². The van der Waals surface area contributed by atoms with Crippen LogP contribution in [0.2, 0.25) is 0 Å². The van der Waals surface area contributed by atoms with Crippen LogP contribution in [0.25, 0.3) is 0 Å². The van der Waals surface area contributed by atoms with Crippen molar-refractivity contribution >= 4 is 0 Å². The van der Waals surface area contributed by atoms with E-state index in [9.17, 15) is 17.6 Å². The Morgan fingerprint density at radius 3 is 2.47 bits per heavy atom. The first-order valence-corrected chi connectivity index (χ1v) is 6.18. The minimum Gasteiger partial charge on any atom is -0.310 e. The van der Waals surface area contributed by atoms with Crippen molar-refractivity contribution in [1.29, 1.82) is 0 Å². The van der Waals surface area contributed by atoms with Crippen LogP contribution in [0.5, 0.6) is 0 Å². The smallest absolute Gasteiger partial charge is 0.310 e. The Morgan fingerprint density at radius 2 is 1.84 bits per heavy atom. The first-order valence-electron chi connectivity index (χ1n) is 6.18. The Hall–Kier alpha value is -1.14. The van der Waals surface area contributed by atoms with Crippen LogP contribution in [0.3, 0.4) is 0 Å². The number of piperidine rings is 1. The second-order valence-corrected chi connectivity index (χ2v) is 4.67. The minimum atomic E-state index is -4.51. The molecule has 0 bridgehead atoms. The fraction of sp³-hybridized carbons (Fsp3) is 0.538. The SMILES string of the molecule is Fc1cc(CNC2CC[N]CC2)cc(C(F)(F)F)c1. The van der Waals surface area contributed by atoms with Crippen LogP contribution < -0.4 is 10.6 Å². The molecule has 0 aromatic heterocycles. The van der Waals surface area contributed by atoms with E-state index in [4.69, 9.17) is 0 Å². The zero-order valence-corrected chi connectivity index (χ0v) is 10.3. The maximum atomic E-state index is 13.2. The second kappa shape index (κ2) is 5.88. The maximum absolute atomic E-state index is 13.2. The van der Waals surface area contributed by atoms with E-state index < -0.39 is 17.6 Å². The molecule has 1 aliphatic rings. The molecule has 1 N–H and O–H groups in total. The molecule has 0 aliphatic carbocycles. The van der Waals surface area contributed by atoms with Crippen molar-refractivity contribution < 1.29 is 17.6 Å². The molecule has 0 amide bonds. The van der Waals surface area contributed by atoms with E-state index in [1.54, 1.807) is 0 Å². The molecule has 105 valence electrons. The molecular weight excluding hydrogens is 260 g/mol. The lowest BCUT2D eigenvalue weighted by Gasteiger charge is -2.23. The van der Waals surface area contributed by atoms with Gasteiger partial charge in [0.05, 0.1) is 5.56 Å². The minimum absolute atomic E-state index is 0.242. The summed E-state index contributed by atoms with van der Waals surface area (Å²) in [7, 11) is 0. The fourth-order valence-electron chi connectivity index (χ4n) is 2.13. The lowest BCUT2D eigenvalue weighted by Crippen LogP contribution is -2.37. The van der Waals surface area contributed by atoms with Crippen LogP contribution in [0.15, 0.2) is 18.2 Å². The van der Waals surface area contributed by atoms with E-state index >= 15 is 0 Å². The molecule has 1 fully saturated rings. The number of halogens is 4. The Kier molecular flexibility index (Phi) is 4.42. The summed E-state index contributed by atoms with van der Waals surface area (Å²) < 4.78 is 50.8. The highest BCUT2D eigenvalue weighted by Crippen LogP contribution is 2.30. The van der Waals surface area contributed by atoms with Gasteiger partial charge in [0, 0.05) is 25.7 Å².